The molecule has 6 nitrogen and oxygen atoms in total. The van der Waals surface area contributed by atoms with Gasteiger partial charge in [0.2, 0.25) is 0 Å². The lowest BCUT2D eigenvalue weighted by molar-refractivity contribution is 0.0858. The van der Waals surface area contributed by atoms with Crippen LogP contribution in [-0.2, 0) is 4.74 Å². The van der Waals surface area contributed by atoms with Crippen molar-refractivity contribution in [2.24, 2.45) is 0 Å². The molecule has 0 spiro atoms. The normalized spacial score (nSPS) is 16.1. The highest BCUT2D eigenvalue weighted by Gasteiger charge is 2.19. The van der Waals surface area contributed by atoms with Crippen LogP contribution in [0.4, 0.5) is 5.69 Å². The molecule has 2 N–H and O–H groups in total. The number of hydrogen-bond donors (Lipinski definition) is 2. The fourth-order valence-electron chi connectivity index (χ4n) is 2.92. The zero-order chi connectivity index (χ0) is 18.4. The first-order valence-electron chi connectivity index (χ1n) is 8.62. The molecule has 1 atom stereocenters. The van der Waals surface area contributed by atoms with E-state index in [9.17, 15) is 9.59 Å². The first-order valence-corrected chi connectivity index (χ1v) is 8.62. The number of hydrogen-bond acceptors (Lipinski definition) is 4. The van der Waals surface area contributed by atoms with Gasteiger partial charge in [0, 0.05) is 13.2 Å². The lowest BCUT2D eigenvalue weighted by atomic mass is 10.1. The van der Waals surface area contributed by atoms with Crippen molar-refractivity contribution in [2.75, 3.05) is 25.6 Å². The summed E-state index contributed by atoms with van der Waals surface area (Å²) in [5.41, 5.74) is 1.27. The Labute approximate surface area is 152 Å². The lowest BCUT2D eigenvalue weighted by Gasteiger charge is -2.14. The van der Waals surface area contributed by atoms with E-state index >= 15 is 0 Å². The van der Waals surface area contributed by atoms with Crippen molar-refractivity contribution in [2.45, 2.75) is 18.9 Å². The molecule has 1 unspecified atom stereocenters. The molecule has 0 bridgehead atoms. The molecule has 2 aromatic carbocycles. The number of nitrogens with one attached hydrogen (secondary N) is 2. The fourth-order valence-corrected chi connectivity index (χ4v) is 2.92. The van der Waals surface area contributed by atoms with Gasteiger partial charge in [0.25, 0.3) is 11.8 Å². The smallest absolute Gasteiger partial charge is 0.259 e. The molecular weight excluding hydrogens is 332 g/mol. The van der Waals surface area contributed by atoms with E-state index in [1.807, 2.05) is 0 Å². The minimum absolute atomic E-state index is 0.0642. The summed E-state index contributed by atoms with van der Waals surface area (Å²) in [5, 5.41) is 5.68. The third kappa shape index (κ3) is 4.21. The maximum Gasteiger partial charge on any atom is 0.259 e. The highest BCUT2D eigenvalue weighted by Crippen LogP contribution is 2.21. The molecule has 1 aliphatic rings. The molecule has 2 amide bonds. The Morgan fingerprint density at radius 3 is 2.54 bits per heavy atom. The predicted octanol–water partition coefficient (Wildman–Crippen LogP) is 2.86. The summed E-state index contributed by atoms with van der Waals surface area (Å²) < 4.78 is 10.7. The van der Waals surface area contributed by atoms with Crippen LogP contribution in [0.2, 0.25) is 0 Å². The van der Waals surface area contributed by atoms with E-state index in [1.165, 1.54) is 7.11 Å². The van der Waals surface area contributed by atoms with Crippen molar-refractivity contribution in [3.05, 3.63) is 59.7 Å². The fraction of sp³-hybridized carbons (Fsp3) is 0.300. The van der Waals surface area contributed by atoms with Crippen molar-refractivity contribution in [1.82, 2.24) is 5.32 Å². The average molecular weight is 354 g/mol. The second-order valence-electron chi connectivity index (χ2n) is 6.05. The first-order chi connectivity index (χ1) is 12.7. The maximum atomic E-state index is 12.6. The summed E-state index contributed by atoms with van der Waals surface area (Å²) in [5.74, 6) is -0.0939. The minimum Gasteiger partial charge on any atom is -0.496 e. The van der Waals surface area contributed by atoms with Gasteiger partial charge in [-0.05, 0) is 37.1 Å². The molecular formula is C20H22N2O4. The second-order valence-corrected chi connectivity index (χ2v) is 6.05. The first kappa shape index (κ1) is 17.9. The Kier molecular flexibility index (Phi) is 5.86. The quantitative estimate of drug-likeness (QED) is 0.836. The van der Waals surface area contributed by atoms with E-state index in [4.69, 9.17) is 9.47 Å². The van der Waals surface area contributed by atoms with Crippen LogP contribution in [-0.4, -0.2) is 38.2 Å². The van der Waals surface area contributed by atoms with E-state index < -0.39 is 0 Å². The van der Waals surface area contributed by atoms with E-state index in [2.05, 4.69) is 10.6 Å². The Balaban J connectivity index is 1.72. The standard InChI is InChI=1S/C20H22N2O4/c1-25-18-11-5-3-9-16(18)20(24)22-17-10-4-2-8-15(17)19(23)21-13-14-7-6-12-26-14/h2-5,8-11,14H,6-7,12-13H2,1H3,(H,21,23)(H,22,24). The van der Waals surface area contributed by atoms with Gasteiger partial charge >= 0.3 is 0 Å². The Morgan fingerprint density at radius 1 is 1.08 bits per heavy atom. The van der Waals surface area contributed by atoms with Gasteiger partial charge in [0.1, 0.15) is 5.75 Å². The average Bonchev–Trinajstić information content (AvgIpc) is 3.20. The Hall–Kier alpha value is -2.86. The van der Waals surface area contributed by atoms with E-state index in [1.54, 1.807) is 48.5 Å². The van der Waals surface area contributed by atoms with Gasteiger partial charge in [-0.25, -0.2) is 0 Å². The van der Waals surface area contributed by atoms with Gasteiger partial charge in [-0.1, -0.05) is 24.3 Å². The number of amides is 2. The molecule has 1 aliphatic heterocycles. The third-order valence-electron chi connectivity index (χ3n) is 4.29. The molecule has 1 fully saturated rings. The molecule has 6 heteroatoms. The summed E-state index contributed by atoms with van der Waals surface area (Å²) >= 11 is 0. The molecule has 26 heavy (non-hydrogen) atoms. The van der Waals surface area contributed by atoms with Gasteiger partial charge in [-0.2, -0.15) is 0 Å². The molecule has 3 rings (SSSR count). The van der Waals surface area contributed by atoms with Crippen LogP contribution in [0, 0.1) is 0 Å². The van der Waals surface area contributed by atoms with E-state index in [-0.39, 0.29) is 17.9 Å². The summed E-state index contributed by atoms with van der Waals surface area (Å²) in [7, 11) is 1.51. The Morgan fingerprint density at radius 2 is 1.81 bits per heavy atom. The molecule has 0 radical (unpaired) electrons. The van der Waals surface area contributed by atoms with E-state index in [0.29, 0.717) is 29.1 Å². The summed E-state index contributed by atoms with van der Waals surface area (Å²) in [6.45, 7) is 1.21. The predicted molar refractivity (Wildman–Crippen MR) is 98.7 cm³/mol. The van der Waals surface area contributed by atoms with Gasteiger partial charge in [0.05, 0.1) is 30.0 Å². The second kappa shape index (κ2) is 8.49. The van der Waals surface area contributed by atoms with Gasteiger partial charge in [-0.15, -0.1) is 0 Å². The zero-order valence-electron chi connectivity index (χ0n) is 14.7. The topological polar surface area (TPSA) is 76.7 Å². The Bertz CT molecular complexity index is 785. The third-order valence-corrected chi connectivity index (χ3v) is 4.29. The van der Waals surface area contributed by atoms with Gasteiger partial charge in [0.15, 0.2) is 0 Å². The summed E-state index contributed by atoms with van der Waals surface area (Å²) in [4.78, 5) is 25.1. The van der Waals surface area contributed by atoms with Crippen LogP contribution in [0.3, 0.4) is 0 Å². The lowest BCUT2D eigenvalue weighted by Crippen LogP contribution is -2.32. The molecule has 1 saturated heterocycles. The number of para-hydroxylation sites is 2. The number of anilines is 1. The van der Waals surface area contributed by atoms with Crippen molar-refractivity contribution in [3.8, 4) is 5.75 Å². The SMILES string of the molecule is COc1ccccc1C(=O)Nc1ccccc1C(=O)NCC1CCCO1. The summed E-state index contributed by atoms with van der Waals surface area (Å²) in [6.07, 6.45) is 2.03. The van der Waals surface area contributed by atoms with Gasteiger partial charge < -0.3 is 20.1 Å². The number of carbonyl (C=O) groups is 2. The zero-order valence-corrected chi connectivity index (χ0v) is 14.7. The molecule has 0 aliphatic carbocycles. The minimum atomic E-state index is -0.332. The van der Waals surface area contributed by atoms with Crippen molar-refractivity contribution >= 4 is 17.5 Å². The van der Waals surface area contributed by atoms with Crippen LogP contribution >= 0.6 is 0 Å². The molecule has 0 saturated carbocycles. The number of benzene rings is 2. The van der Waals surface area contributed by atoms with Gasteiger partial charge in [-0.3, -0.25) is 9.59 Å². The van der Waals surface area contributed by atoms with Crippen molar-refractivity contribution < 1.29 is 19.1 Å². The number of rotatable bonds is 6. The molecule has 1 heterocycles. The van der Waals surface area contributed by atoms with Crippen LogP contribution in [0.15, 0.2) is 48.5 Å². The van der Waals surface area contributed by atoms with Crippen molar-refractivity contribution in [3.63, 3.8) is 0 Å². The van der Waals surface area contributed by atoms with E-state index in [0.717, 1.165) is 19.4 Å². The molecule has 136 valence electrons. The monoisotopic (exact) mass is 354 g/mol. The van der Waals surface area contributed by atoms with Crippen LogP contribution in [0.1, 0.15) is 33.6 Å². The summed E-state index contributed by atoms with van der Waals surface area (Å²) in [6, 6.07) is 13.9. The van der Waals surface area contributed by atoms with Crippen LogP contribution in [0.5, 0.6) is 5.75 Å². The molecule has 0 aromatic heterocycles. The number of methoxy groups -OCH3 is 1. The van der Waals surface area contributed by atoms with Crippen LogP contribution in [0.25, 0.3) is 0 Å². The number of ether oxygens (including phenoxy) is 2. The highest BCUT2D eigenvalue weighted by atomic mass is 16.5. The largest absolute Gasteiger partial charge is 0.496 e. The maximum absolute atomic E-state index is 12.6. The van der Waals surface area contributed by atoms with Crippen LogP contribution < -0.4 is 15.4 Å². The highest BCUT2D eigenvalue weighted by molar-refractivity contribution is 6.10. The number of carbonyl (C=O) groups excluding carboxylic acids is 2. The van der Waals surface area contributed by atoms with Crippen molar-refractivity contribution in [1.29, 1.82) is 0 Å². The molecule has 2 aromatic rings.